The second-order valence-corrected chi connectivity index (χ2v) is 4.13. The van der Waals surface area contributed by atoms with Crippen LogP contribution in [0, 0.1) is 0 Å². The molecule has 0 bridgehead atoms. The molecule has 0 aliphatic heterocycles. The van der Waals surface area contributed by atoms with Gasteiger partial charge in [-0.05, 0) is 29.7 Å². The van der Waals surface area contributed by atoms with E-state index in [-0.39, 0.29) is 5.92 Å². The molecule has 0 fully saturated rings. The van der Waals surface area contributed by atoms with Gasteiger partial charge in [-0.15, -0.1) is 0 Å². The van der Waals surface area contributed by atoms with Gasteiger partial charge in [-0.2, -0.15) is 0 Å². The second-order valence-electron chi connectivity index (χ2n) is 4.13. The van der Waals surface area contributed by atoms with E-state index in [1.54, 1.807) is 7.11 Å². The molecular weight excluding hydrogens is 224 g/mol. The van der Waals surface area contributed by atoms with Gasteiger partial charge in [0.15, 0.2) is 0 Å². The molecule has 0 aliphatic carbocycles. The first kappa shape index (κ1) is 12.4. The maximum atomic E-state index is 11.1. The Labute approximate surface area is 107 Å². The molecule has 2 nitrogen and oxygen atoms in total. The van der Waals surface area contributed by atoms with Crippen LogP contribution in [0.5, 0.6) is 5.75 Å². The van der Waals surface area contributed by atoms with Crippen molar-refractivity contribution in [2.24, 2.45) is 0 Å². The van der Waals surface area contributed by atoms with Crippen LogP contribution in [0.4, 0.5) is 0 Å². The van der Waals surface area contributed by atoms with Crippen LogP contribution >= 0.6 is 0 Å². The lowest BCUT2D eigenvalue weighted by molar-refractivity contribution is 0.414. The maximum absolute atomic E-state index is 11.1. The van der Waals surface area contributed by atoms with Crippen molar-refractivity contribution in [3.63, 3.8) is 0 Å². The van der Waals surface area contributed by atoms with Gasteiger partial charge in [0, 0.05) is 0 Å². The van der Waals surface area contributed by atoms with E-state index < -0.39 is 0 Å². The third-order valence-corrected chi connectivity index (χ3v) is 2.94. The number of hydrogen-bond donors (Lipinski definition) is 0. The van der Waals surface area contributed by atoms with E-state index in [0.717, 1.165) is 16.9 Å². The summed E-state index contributed by atoms with van der Waals surface area (Å²) in [4.78, 5) is 11.1. The molecule has 0 aromatic heterocycles. The summed E-state index contributed by atoms with van der Waals surface area (Å²) in [5, 5.41) is 0. The lowest BCUT2D eigenvalue weighted by Crippen LogP contribution is -2.04. The first-order chi connectivity index (χ1) is 8.83. The van der Waals surface area contributed by atoms with Crippen molar-refractivity contribution in [1.82, 2.24) is 0 Å². The molecule has 0 amide bonds. The summed E-state index contributed by atoms with van der Waals surface area (Å²) in [5.41, 5.74) is 2.11. The normalized spacial score (nSPS) is 11.8. The lowest BCUT2D eigenvalue weighted by Gasteiger charge is -2.10. The third kappa shape index (κ3) is 2.98. The summed E-state index contributed by atoms with van der Waals surface area (Å²) in [5.74, 6) is 0.615. The summed E-state index contributed by atoms with van der Waals surface area (Å²) in [7, 11) is 1.64. The van der Waals surface area contributed by atoms with E-state index in [1.165, 1.54) is 0 Å². The number of benzene rings is 2. The Morgan fingerprint density at radius 2 is 1.72 bits per heavy atom. The highest BCUT2D eigenvalue weighted by molar-refractivity contribution is 5.63. The second kappa shape index (κ2) is 6.01. The number of carbonyl (C=O) groups excluding carboxylic acids is 1. The van der Waals surface area contributed by atoms with E-state index in [1.807, 2.05) is 54.6 Å². The Kier molecular flexibility index (Phi) is 4.13. The van der Waals surface area contributed by atoms with Crippen molar-refractivity contribution in [3.05, 3.63) is 65.7 Å². The molecule has 0 N–H and O–H groups in total. The van der Waals surface area contributed by atoms with E-state index >= 15 is 0 Å². The quantitative estimate of drug-likeness (QED) is 0.801. The number of hydrogen-bond acceptors (Lipinski definition) is 2. The summed E-state index contributed by atoms with van der Waals surface area (Å²) >= 11 is 0. The molecule has 0 aliphatic rings. The van der Waals surface area contributed by atoms with Gasteiger partial charge >= 0.3 is 0 Å². The van der Waals surface area contributed by atoms with Gasteiger partial charge in [-0.1, -0.05) is 42.5 Å². The number of ether oxygens (including phenoxy) is 1. The summed E-state index contributed by atoms with van der Waals surface area (Å²) in [6.45, 7) is 0. The zero-order valence-corrected chi connectivity index (χ0v) is 10.3. The fraction of sp³-hybridized carbons (Fsp3) is 0.188. The highest BCUT2D eigenvalue weighted by Crippen LogP contribution is 2.20. The fourth-order valence-corrected chi connectivity index (χ4v) is 1.91. The molecule has 2 aromatic rings. The molecule has 0 saturated heterocycles. The molecule has 18 heavy (non-hydrogen) atoms. The zero-order chi connectivity index (χ0) is 12.8. The van der Waals surface area contributed by atoms with Crippen LogP contribution in [-0.4, -0.2) is 13.4 Å². The summed E-state index contributed by atoms with van der Waals surface area (Å²) < 4.78 is 5.11. The van der Waals surface area contributed by atoms with Crippen molar-refractivity contribution in [2.45, 2.75) is 12.3 Å². The van der Waals surface area contributed by atoms with Gasteiger partial charge in [0.1, 0.15) is 5.75 Å². The zero-order valence-electron chi connectivity index (χ0n) is 10.3. The Hall–Kier alpha value is -2.09. The Bertz CT molecular complexity index is 488. The minimum absolute atomic E-state index is 0.209. The maximum Gasteiger partial charge on any atom is 0.206 e. The molecule has 1 atom stereocenters. The highest BCUT2D eigenvalue weighted by Gasteiger charge is 2.11. The summed E-state index contributed by atoms with van der Waals surface area (Å²) in [6, 6.07) is 17.5. The van der Waals surface area contributed by atoms with Crippen molar-refractivity contribution < 1.29 is 9.53 Å². The molecule has 91 valence electrons. The van der Waals surface area contributed by atoms with Crippen molar-refractivity contribution >= 4 is 6.29 Å². The monoisotopic (exact) mass is 239 g/mol. The molecule has 2 heteroatoms. The SMILES string of the molecule is COc1ccc(CC([C]=O)c2ccccc2)cc1. The first-order valence-electron chi connectivity index (χ1n) is 5.89. The van der Waals surface area contributed by atoms with Crippen molar-refractivity contribution in [2.75, 3.05) is 7.11 Å². The molecule has 1 radical (unpaired) electrons. The van der Waals surface area contributed by atoms with E-state index in [0.29, 0.717) is 6.42 Å². The van der Waals surface area contributed by atoms with Crippen LogP contribution in [0.15, 0.2) is 54.6 Å². The largest absolute Gasteiger partial charge is 0.497 e. The van der Waals surface area contributed by atoms with E-state index in [9.17, 15) is 4.79 Å². The lowest BCUT2D eigenvalue weighted by atomic mass is 9.93. The van der Waals surface area contributed by atoms with Gasteiger partial charge in [0.05, 0.1) is 13.0 Å². The van der Waals surface area contributed by atoms with Gasteiger partial charge < -0.3 is 4.74 Å². The van der Waals surface area contributed by atoms with Crippen LogP contribution in [-0.2, 0) is 11.2 Å². The minimum atomic E-state index is -0.209. The average molecular weight is 239 g/mol. The predicted molar refractivity (Wildman–Crippen MR) is 71.6 cm³/mol. The van der Waals surface area contributed by atoms with Crippen LogP contribution < -0.4 is 4.74 Å². The molecule has 0 heterocycles. The number of methoxy groups -OCH3 is 1. The molecule has 0 spiro atoms. The topological polar surface area (TPSA) is 26.3 Å². The fourth-order valence-electron chi connectivity index (χ4n) is 1.91. The molecule has 2 rings (SSSR count). The Morgan fingerprint density at radius 1 is 1.06 bits per heavy atom. The smallest absolute Gasteiger partial charge is 0.206 e. The minimum Gasteiger partial charge on any atom is -0.497 e. The van der Waals surface area contributed by atoms with Crippen LogP contribution in [0.3, 0.4) is 0 Å². The standard InChI is InChI=1S/C16H15O2/c1-18-16-9-7-13(8-10-16)11-15(12-17)14-5-3-2-4-6-14/h2-10,15H,11H2,1H3. The summed E-state index contributed by atoms with van der Waals surface area (Å²) in [6.07, 6.45) is 2.78. The first-order valence-corrected chi connectivity index (χ1v) is 5.89. The highest BCUT2D eigenvalue weighted by atomic mass is 16.5. The van der Waals surface area contributed by atoms with Crippen LogP contribution in [0.2, 0.25) is 0 Å². The van der Waals surface area contributed by atoms with Crippen LogP contribution in [0.1, 0.15) is 17.0 Å². The molecule has 0 saturated carbocycles. The van der Waals surface area contributed by atoms with Gasteiger partial charge in [-0.25, -0.2) is 0 Å². The van der Waals surface area contributed by atoms with Crippen molar-refractivity contribution in [3.8, 4) is 5.75 Å². The van der Waals surface area contributed by atoms with Gasteiger partial charge in [0.2, 0.25) is 6.29 Å². The molecule has 1 unspecified atom stereocenters. The van der Waals surface area contributed by atoms with Crippen LogP contribution in [0.25, 0.3) is 0 Å². The molecule has 2 aromatic carbocycles. The van der Waals surface area contributed by atoms with E-state index in [4.69, 9.17) is 4.74 Å². The third-order valence-electron chi connectivity index (χ3n) is 2.94. The molecular formula is C16H15O2. The Balaban J connectivity index is 2.13. The van der Waals surface area contributed by atoms with E-state index in [2.05, 4.69) is 6.29 Å². The number of rotatable bonds is 5. The predicted octanol–water partition coefficient (Wildman–Crippen LogP) is 3.13. The van der Waals surface area contributed by atoms with Crippen molar-refractivity contribution in [1.29, 1.82) is 0 Å². The Morgan fingerprint density at radius 3 is 2.28 bits per heavy atom. The van der Waals surface area contributed by atoms with Gasteiger partial charge in [-0.3, -0.25) is 4.79 Å². The average Bonchev–Trinajstić information content (AvgIpc) is 2.46. The van der Waals surface area contributed by atoms with Gasteiger partial charge in [0.25, 0.3) is 0 Å².